The highest BCUT2D eigenvalue weighted by Gasteiger charge is 2.16. The van der Waals surface area contributed by atoms with Gasteiger partial charge in [0.15, 0.2) is 0 Å². The summed E-state index contributed by atoms with van der Waals surface area (Å²) in [5.74, 6) is 0.115. The van der Waals surface area contributed by atoms with Gasteiger partial charge in [-0.05, 0) is 56.7 Å². The third-order valence-corrected chi connectivity index (χ3v) is 4.05. The minimum absolute atomic E-state index is 0.115. The standard InChI is InChI=1S/C12H14BrIN2O2/c13-10-7-9(14)1-2-11(10)15-8-12(17)16-3-5-18-6-4-16/h1-2,7,15H,3-6,8H2. The van der Waals surface area contributed by atoms with Crippen LogP contribution in [-0.2, 0) is 9.53 Å². The Hall–Kier alpha value is -0.340. The minimum Gasteiger partial charge on any atom is -0.378 e. The van der Waals surface area contributed by atoms with Crippen LogP contribution in [0.25, 0.3) is 0 Å². The molecule has 0 radical (unpaired) electrons. The molecular weight excluding hydrogens is 411 g/mol. The fourth-order valence-corrected chi connectivity index (χ4v) is 3.17. The van der Waals surface area contributed by atoms with E-state index >= 15 is 0 Å². The van der Waals surface area contributed by atoms with Gasteiger partial charge in [-0.15, -0.1) is 0 Å². The zero-order chi connectivity index (χ0) is 13.0. The number of morpholine rings is 1. The molecule has 2 rings (SSSR count). The molecule has 0 spiro atoms. The molecule has 6 heteroatoms. The van der Waals surface area contributed by atoms with Crippen molar-refractivity contribution in [1.29, 1.82) is 0 Å². The molecule has 1 heterocycles. The van der Waals surface area contributed by atoms with Crippen molar-refractivity contribution < 1.29 is 9.53 Å². The van der Waals surface area contributed by atoms with Gasteiger partial charge in [0.1, 0.15) is 0 Å². The average Bonchev–Trinajstić information content (AvgIpc) is 2.38. The molecule has 1 amide bonds. The number of hydrogen-bond donors (Lipinski definition) is 1. The molecule has 0 aliphatic carbocycles. The Bertz CT molecular complexity index is 436. The molecule has 1 N–H and O–H groups in total. The zero-order valence-corrected chi connectivity index (χ0v) is 13.5. The Morgan fingerprint density at radius 2 is 2.17 bits per heavy atom. The topological polar surface area (TPSA) is 41.6 Å². The SMILES string of the molecule is O=C(CNc1ccc(I)cc1Br)N1CCOCC1. The number of nitrogens with zero attached hydrogens (tertiary/aromatic N) is 1. The number of carbonyl (C=O) groups excluding carboxylic acids is 1. The molecule has 1 saturated heterocycles. The van der Waals surface area contributed by atoms with Crippen LogP contribution < -0.4 is 5.32 Å². The van der Waals surface area contributed by atoms with Gasteiger partial charge >= 0.3 is 0 Å². The molecule has 0 saturated carbocycles. The highest BCUT2D eigenvalue weighted by molar-refractivity contribution is 14.1. The summed E-state index contributed by atoms with van der Waals surface area (Å²) in [6.45, 7) is 2.97. The van der Waals surface area contributed by atoms with Crippen LogP contribution in [0.2, 0.25) is 0 Å². The molecule has 0 unspecified atom stereocenters. The minimum atomic E-state index is 0.115. The highest BCUT2D eigenvalue weighted by Crippen LogP contribution is 2.24. The van der Waals surface area contributed by atoms with E-state index < -0.39 is 0 Å². The summed E-state index contributed by atoms with van der Waals surface area (Å²) in [5, 5.41) is 3.15. The molecule has 4 nitrogen and oxygen atoms in total. The fraction of sp³-hybridized carbons (Fsp3) is 0.417. The lowest BCUT2D eigenvalue weighted by molar-refractivity contribution is -0.133. The molecule has 1 fully saturated rings. The average molecular weight is 425 g/mol. The molecular formula is C12H14BrIN2O2. The molecule has 1 aliphatic heterocycles. The third-order valence-electron chi connectivity index (χ3n) is 2.72. The number of ether oxygens (including phenoxy) is 1. The highest BCUT2D eigenvalue weighted by atomic mass is 127. The number of benzene rings is 1. The van der Waals surface area contributed by atoms with E-state index in [9.17, 15) is 4.79 Å². The first-order valence-electron chi connectivity index (χ1n) is 5.71. The van der Waals surface area contributed by atoms with Gasteiger partial charge in [-0.2, -0.15) is 0 Å². The van der Waals surface area contributed by atoms with Gasteiger partial charge in [-0.1, -0.05) is 0 Å². The molecule has 0 atom stereocenters. The summed E-state index contributed by atoms with van der Waals surface area (Å²) in [6, 6.07) is 5.99. The van der Waals surface area contributed by atoms with E-state index in [1.54, 1.807) is 0 Å². The zero-order valence-electron chi connectivity index (χ0n) is 9.79. The Morgan fingerprint density at radius 3 is 2.83 bits per heavy atom. The Morgan fingerprint density at radius 1 is 1.44 bits per heavy atom. The summed E-state index contributed by atoms with van der Waals surface area (Å²) in [5.41, 5.74) is 0.942. The van der Waals surface area contributed by atoms with Gasteiger partial charge in [0.05, 0.1) is 19.8 Å². The maximum Gasteiger partial charge on any atom is 0.242 e. The van der Waals surface area contributed by atoms with Gasteiger partial charge in [0.25, 0.3) is 0 Å². The van der Waals surface area contributed by atoms with E-state index in [1.807, 2.05) is 23.1 Å². The summed E-state index contributed by atoms with van der Waals surface area (Å²) >= 11 is 5.73. The number of amides is 1. The van der Waals surface area contributed by atoms with Gasteiger partial charge in [0, 0.05) is 26.8 Å². The lowest BCUT2D eigenvalue weighted by Crippen LogP contribution is -2.43. The van der Waals surface area contributed by atoms with Crippen molar-refractivity contribution in [3.05, 3.63) is 26.2 Å². The Labute approximate surface area is 128 Å². The summed E-state index contributed by atoms with van der Waals surface area (Å²) < 4.78 is 7.36. The lowest BCUT2D eigenvalue weighted by atomic mass is 10.3. The van der Waals surface area contributed by atoms with Crippen molar-refractivity contribution in [2.75, 3.05) is 38.2 Å². The summed E-state index contributed by atoms with van der Waals surface area (Å²) in [4.78, 5) is 13.8. The van der Waals surface area contributed by atoms with Crippen LogP contribution >= 0.6 is 38.5 Å². The molecule has 1 aliphatic rings. The number of halogens is 2. The molecule has 1 aromatic rings. The fourth-order valence-electron chi connectivity index (χ4n) is 1.73. The van der Waals surface area contributed by atoms with Crippen LogP contribution in [0.4, 0.5) is 5.69 Å². The van der Waals surface area contributed by atoms with Gasteiger partial charge in [-0.3, -0.25) is 4.79 Å². The largest absolute Gasteiger partial charge is 0.378 e. The van der Waals surface area contributed by atoms with E-state index in [4.69, 9.17) is 4.74 Å². The molecule has 1 aromatic carbocycles. The van der Waals surface area contributed by atoms with Crippen molar-refractivity contribution in [1.82, 2.24) is 4.90 Å². The second-order valence-electron chi connectivity index (χ2n) is 3.97. The Kier molecular flexibility index (Phi) is 5.25. The lowest BCUT2D eigenvalue weighted by Gasteiger charge is -2.27. The van der Waals surface area contributed by atoms with Crippen LogP contribution in [0.1, 0.15) is 0 Å². The monoisotopic (exact) mass is 424 g/mol. The number of anilines is 1. The number of hydrogen-bond acceptors (Lipinski definition) is 3. The van der Waals surface area contributed by atoms with E-state index in [-0.39, 0.29) is 5.91 Å². The summed E-state index contributed by atoms with van der Waals surface area (Å²) in [7, 11) is 0. The predicted molar refractivity (Wildman–Crippen MR) is 82.7 cm³/mol. The number of carbonyl (C=O) groups is 1. The number of rotatable bonds is 3. The van der Waals surface area contributed by atoms with Crippen molar-refractivity contribution >= 4 is 50.1 Å². The first-order valence-corrected chi connectivity index (χ1v) is 7.58. The Balaban J connectivity index is 1.88. The van der Waals surface area contributed by atoms with Gasteiger partial charge < -0.3 is 15.0 Å². The predicted octanol–water partition coefficient (Wildman–Crippen LogP) is 2.32. The van der Waals surface area contributed by atoms with Crippen molar-refractivity contribution in [2.45, 2.75) is 0 Å². The van der Waals surface area contributed by atoms with E-state index in [1.165, 1.54) is 0 Å². The third kappa shape index (κ3) is 3.83. The van der Waals surface area contributed by atoms with Crippen LogP contribution in [0, 0.1) is 3.57 Å². The smallest absolute Gasteiger partial charge is 0.242 e. The summed E-state index contributed by atoms with van der Waals surface area (Å²) in [6.07, 6.45) is 0. The van der Waals surface area contributed by atoms with E-state index in [2.05, 4.69) is 43.8 Å². The second kappa shape index (κ2) is 6.72. The van der Waals surface area contributed by atoms with Crippen LogP contribution in [0.3, 0.4) is 0 Å². The second-order valence-corrected chi connectivity index (χ2v) is 6.07. The van der Waals surface area contributed by atoms with Crippen LogP contribution in [0.5, 0.6) is 0 Å². The first-order chi connectivity index (χ1) is 8.66. The van der Waals surface area contributed by atoms with Crippen molar-refractivity contribution in [3.63, 3.8) is 0 Å². The molecule has 98 valence electrons. The number of nitrogens with one attached hydrogen (secondary N) is 1. The van der Waals surface area contributed by atoms with Gasteiger partial charge in [-0.25, -0.2) is 0 Å². The maximum atomic E-state index is 11.9. The van der Waals surface area contributed by atoms with Crippen LogP contribution in [0.15, 0.2) is 22.7 Å². The molecule has 18 heavy (non-hydrogen) atoms. The quantitative estimate of drug-likeness (QED) is 0.757. The normalized spacial score (nSPS) is 15.6. The molecule has 0 aromatic heterocycles. The van der Waals surface area contributed by atoms with Crippen LogP contribution in [-0.4, -0.2) is 43.7 Å². The maximum absolute atomic E-state index is 11.9. The van der Waals surface area contributed by atoms with E-state index in [0.717, 1.165) is 13.7 Å². The van der Waals surface area contributed by atoms with Gasteiger partial charge in [0.2, 0.25) is 5.91 Å². The first kappa shape index (κ1) is 14.1. The van der Waals surface area contributed by atoms with Crippen molar-refractivity contribution in [3.8, 4) is 0 Å². The van der Waals surface area contributed by atoms with Crippen molar-refractivity contribution in [2.24, 2.45) is 0 Å². The van der Waals surface area contributed by atoms with E-state index in [0.29, 0.717) is 32.8 Å². The molecule has 0 bridgehead atoms.